The van der Waals surface area contributed by atoms with E-state index < -0.39 is 11.9 Å². The molecule has 2 N–H and O–H groups in total. The first-order valence-corrected chi connectivity index (χ1v) is 8.53. The molecule has 1 saturated heterocycles. The van der Waals surface area contributed by atoms with E-state index in [1.54, 1.807) is 17.3 Å². The van der Waals surface area contributed by atoms with E-state index in [1.165, 1.54) is 0 Å². The Hall–Kier alpha value is -2.70. The number of carbonyl (C=O) groups is 2. The molecular formula is C18H20N4O3. The molecule has 2 aliphatic rings. The van der Waals surface area contributed by atoms with Gasteiger partial charge in [-0.15, -0.1) is 0 Å². The lowest BCUT2D eigenvalue weighted by Crippen LogP contribution is -2.30. The summed E-state index contributed by atoms with van der Waals surface area (Å²) >= 11 is 0. The number of aromatic amines is 1. The first kappa shape index (κ1) is 15.8. The number of carbonyl (C=O) groups excluding carboxylic acids is 1. The largest absolute Gasteiger partial charge is 0.481 e. The van der Waals surface area contributed by atoms with Gasteiger partial charge in [0.15, 0.2) is 0 Å². The van der Waals surface area contributed by atoms with E-state index in [-0.39, 0.29) is 18.4 Å². The molecule has 2 aromatic heterocycles. The lowest BCUT2D eigenvalue weighted by Gasteiger charge is -2.17. The van der Waals surface area contributed by atoms with Gasteiger partial charge in [0.2, 0.25) is 0 Å². The maximum atomic E-state index is 13.1. The van der Waals surface area contributed by atoms with Crippen LogP contribution in [0.3, 0.4) is 0 Å². The first-order valence-electron chi connectivity index (χ1n) is 8.53. The number of H-pyrrole nitrogens is 1. The van der Waals surface area contributed by atoms with E-state index in [0.29, 0.717) is 18.0 Å². The van der Waals surface area contributed by atoms with Gasteiger partial charge < -0.3 is 10.0 Å². The molecule has 7 nitrogen and oxygen atoms in total. The molecule has 2 atom stereocenters. The molecule has 0 aromatic carbocycles. The molecule has 7 heteroatoms. The van der Waals surface area contributed by atoms with Gasteiger partial charge in [-0.2, -0.15) is 5.10 Å². The number of aryl methyl sites for hydroxylation is 1. The van der Waals surface area contributed by atoms with E-state index in [2.05, 4.69) is 15.2 Å². The van der Waals surface area contributed by atoms with Gasteiger partial charge >= 0.3 is 5.97 Å². The predicted molar refractivity (Wildman–Crippen MR) is 89.3 cm³/mol. The smallest absolute Gasteiger partial charge is 0.308 e. The molecule has 0 bridgehead atoms. The number of pyridine rings is 1. The third-order valence-electron chi connectivity index (χ3n) is 5.21. The summed E-state index contributed by atoms with van der Waals surface area (Å²) < 4.78 is 0. The van der Waals surface area contributed by atoms with Crippen LogP contribution in [0.25, 0.3) is 0 Å². The van der Waals surface area contributed by atoms with Gasteiger partial charge in [-0.25, -0.2) is 0 Å². The number of rotatable bonds is 4. The molecule has 1 amide bonds. The third-order valence-corrected chi connectivity index (χ3v) is 5.21. The van der Waals surface area contributed by atoms with E-state index >= 15 is 0 Å². The van der Waals surface area contributed by atoms with Gasteiger partial charge in [-0.05, 0) is 37.5 Å². The van der Waals surface area contributed by atoms with Crippen molar-refractivity contribution in [2.45, 2.75) is 31.6 Å². The molecule has 3 heterocycles. The number of hydrogen-bond acceptors (Lipinski definition) is 4. The highest BCUT2D eigenvalue weighted by atomic mass is 16.4. The van der Waals surface area contributed by atoms with Crippen molar-refractivity contribution < 1.29 is 14.7 Å². The Balaban J connectivity index is 1.62. The van der Waals surface area contributed by atoms with E-state index in [4.69, 9.17) is 0 Å². The zero-order valence-electron chi connectivity index (χ0n) is 14.0. The van der Waals surface area contributed by atoms with Crippen molar-refractivity contribution in [1.82, 2.24) is 20.1 Å². The summed E-state index contributed by atoms with van der Waals surface area (Å²) in [6.07, 6.45) is 5.43. The summed E-state index contributed by atoms with van der Waals surface area (Å²) in [6, 6.07) is 3.65. The predicted octanol–water partition coefficient (Wildman–Crippen LogP) is 1.93. The normalized spacial score (nSPS) is 23.0. The fourth-order valence-electron chi connectivity index (χ4n) is 3.70. The molecule has 2 fully saturated rings. The first-order chi connectivity index (χ1) is 12.1. The topological polar surface area (TPSA) is 99.2 Å². The Bertz CT molecular complexity index is 813. The number of carboxylic acid groups (broad SMARTS) is 1. The lowest BCUT2D eigenvalue weighted by molar-refractivity contribution is -0.141. The van der Waals surface area contributed by atoms with Gasteiger partial charge in [0.05, 0.1) is 17.2 Å². The minimum atomic E-state index is -0.872. The van der Waals surface area contributed by atoms with Gasteiger partial charge in [-0.3, -0.25) is 19.7 Å². The molecule has 2 aromatic rings. The van der Waals surface area contributed by atoms with Crippen LogP contribution < -0.4 is 0 Å². The van der Waals surface area contributed by atoms with Crippen molar-refractivity contribution in [3.63, 3.8) is 0 Å². The van der Waals surface area contributed by atoms with Crippen LogP contribution in [0.1, 0.15) is 52.0 Å². The van der Waals surface area contributed by atoms with Crippen molar-refractivity contribution in [2.75, 3.05) is 13.1 Å². The van der Waals surface area contributed by atoms with Crippen LogP contribution in [0, 0.1) is 12.8 Å². The number of hydrogen-bond donors (Lipinski definition) is 2. The highest BCUT2D eigenvalue weighted by molar-refractivity contribution is 5.97. The fraction of sp³-hybridized carbons (Fsp3) is 0.444. The molecule has 1 aliphatic carbocycles. The Kier molecular flexibility index (Phi) is 3.78. The van der Waals surface area contributed by atoms with E-state index in [9.17, 15) is 14.7 Å². The SMILES string of the molecule is Cc1[nH]nc(C2CC2)c1C(=O)N1C[C@@H](C(=O)O)[C@H](c2ccncc2)C1. The van der Waals surface area contributed by atoms with Crippen LogP contribution >= 0.6 is 0 Å². The zero-order valence-corrected chi connectivity index (χ0v) is 14.0. The fourth-order valence-corrected chi connectivity index (χ4v) is 3.70. The van der Waals surface area contributed by atoms with Crippen molar-refractivity contribution in [1.29, 1.82) is 0 Å². The number of carboxylic acids is 1. The van der Waals surface area contributed by atoms with Gasteiger partial charge in [-0.1, -0.05) is 0 Å². The highest BCUT2D eigenvalue weighted by Crippen LogP contribution is 2.42. The number of nitrogens with one attached hydrogen (secondary N) is 1. The molecule has 130 valence electrons. The third kappa shape index (κ3) is 2.79. The van der Waals surface area contributed by atoms with Crippen molar-refractivity contribution in [3.8, 4) is 0 Å². The molecule has 0 unspecified atom stereocenters. The Morgan fingerprint density at radius 2 is 1.96 bits per heavy atom. The van der Waals surface area contributed by atoms with E-state index in [1.807, 2.05) is 19.1 Å². The van der Waals surface area contributed by atoms with Crippen LogP contribution in [-0.4, -0.2) is 50.2 Å². The monoisotopic (exact) mass is 340 g/mol. The summed E-state index contributed by atoms with van der Waals surface area (Å²) in [7, 11) is 0. The van der Waals surface area contributed by atoms with Gasteiger partial charge in [0, 0.05) is 43.0 Å². The van der Waals surface area contributed by atoms with Crippen LogP contribution in [0.5, 0.6) is 0 Å². The minimum absolute atomic E-state index is 0.115. The van der Waals surface area contributed by atoms with Gasteiger partial charge in [0.1, 0.15) is 0 Å². The Labute approximate surface area is 145 Å². The van der Waals surface area contributed by atoms with Gasteiger partial charge in [0.25, 0.3) is 5.91 Å². The lowest BCUT2D eigenvalue weighted by atomic mass is 9.90. The molecule has 0 spiro atoms. The molecule has 4 rings (SSSR count). The average Bonchev–Trinajstić information content (AvgIpc) is 3.23. The standard InChI is InChI=1S/C18H20N4O3/c1-10-15(16(21-20-10)12-2-3-12)17(23)22-8-13(14(9-22)18(24)25)11-4-6-19-7-5-11/h4-7,12-14H,2-3,8-9H2,1H3,(H,20,21)(H,24,25)/t13-,14+/m0/s1. The Morgan fingerprint density at radius 3 is 2.60 bits per heavy atom. The summed E-state index contributed by atoms with van der Waals surface area (Å²) in [4.78, 5) is 30.5. The summed E-state index contributed by atoms with van der Waals surface area (Å²) in [6.45, 7) is 2.46. The summed E-state index contributed by atoms with van der Waals surface area (Å²) in [5, 5.41) is 16.8. The minimum Gasteiger partial charge on any atom is -0.481 e. The maximum Gasteiger partial charge on any atom is 0.308 e. The number of aliphatic carboxylic acids is 1. The summed E-state index contributed by atoms with van der Waals surface area (Å²) in [5.41, 5.74) is 3.12. The van der Waals surface area contributed by atoms with E-state index in [0.717, 1.165) is 29.8 Å². The van der Waals surface area contributed by atoms with Crippen molar-refractivity contribution >= 4 is 11.9 Å². The maximum absolute atomic E-state index is 13.1. The van der Waals surface area contributed by atoms with Crippen LogP contribution in [0.4, 0.5) is 0 Å². The quantitative estimate of drug-likeness (QED) is 0.886. The number of aromatic nitrogens is 3. The second-order valence-corrected chi connectivity index (χ2v) is 6.93. The summed E-state index contributed by atoms with van der Waals surface area (Å²) in [5.74, 6) is -1.46. The number of amides is 1. The highest BCUT2D eigenvalue weighted by Gasteiger charge is 2.42. The molecular weight excluding hydrogens is 320 g/mol. The number of nitrogens with zero attached hydrogens (tertiary/aromatic N) is 3. The van der Waals surface area contributed by atoms with Crippen molar-refractivity contribution in [2.24, 2.45) is 5.92 Å². The Morgan fingerprint density at radius 1 is 1.24 bits per heavy atom. The average molecular weight is 340 g/mol. The molecule has 0 radical (unpaired) electrons. The van der Waals surface area contributed by atoms with Crippen molar-refractivity contribution in [3.05, 3.63) is 47.0 Å². The second-order valence-electron chi connectivity index (χ2n) is 6.93. The molecule has 25 heavy (non-hydrogen) atoms. The zero-order chi connectivity index (χ0) is 17.6. The second kappa shape index (κ2) is 5.98. The molecule has 1 aliphatic heterocycles. The van der Waals surface area contributed by atoms with Crippen LogP contribution in [0.2, 0.25) is 0 Å². The van der Waals surface area contributed by atoms with Crippen LogP contribution in [0.15, 0.2) is 24.5 Å². The number of likely N-dealkylation sites (tertiary alicyclic amines) is 1. The molecule has 1 saturated carbocycles. The van der Waals surface area contributed by atoms with Crippen LogP contribution in [-0.2, 0) is 4.79 Å².